The molecule has 2 aromatic rings. The largest absolute Gasteiger partial charge is 0.453 e. The van der Waals surface area contributed by atoms with Crippen molar-refractivity contribution in [1.82, 2.24) is 4.90 Å². The summed E-state index contributed by atoms with van der Waals surface area (Å²) in [6, 6.07) is 12.6. The molecule has 0 unspecified atom stereocenters. The molecule has 132 valence electrons. The number of anilines is 1. The van der Waals surface area contributed by atoms with Gasteiger partial charge in [-0.05, 0) is 35.7 Å². The third-order valence-corrected chi connectivity index (χ3v) is 5.07. The molecule has 0 aliphatic carbocycles. The lowest BCUT2D eigenvalue weighted by Gasteiger charge is -2.31. The summed E-state index contributed by atoms with van der Waals surface area (Å²) < 4.78 is 17.8. The lowest BCUT2D eigenvalue weighted by molar-refractivity contribution is -0.134. The van der Waals surface area contributed by atoms with Crippen molar-refractivity contribution in [2.45, 2.75) is 32.7 Å². The summed E-state index contributed by atoms with van der Waals surface area (Å²) in [5.41, 5.74) is 5.57. The van der Waals surface area contributed by atoms with E-state index in [1.807, 2.05) is 20.0 Å². The maximum atomic E-state index is 6.35. The highest BCUT2D eigenvalue weighted by Crippen LogP contribution is 2.44. The van der Waals surface area contributed by atoms with Crippen molar-refractivity contribution in [1.29, 1.82) is 0 Å². The molecule has 3 aliphatic rings. The predicted octanol–water partition coefficient (Wildman–Crippen LogP) is 4.30. The highest BCUT2D eigenvalue weighted by atomic mass is 16.7. The van der Waals surface area contributed by atoms with E-state index in [-0.39, 0.29) is 0 Å². The minimum absolute atomic E-state index is 0.746. The van der Waals surface area contributed by atoms with Crippen molar-refractivity contribution >= 4 is 5.69 Å². The van der Waals surface area contributed by atoms with Crippen LogP contribution in [0.2, 0.25) is 0 Å². The van der Waals surface area contributed by atoms with Crippen LogP contribution in [0.3, 0.4) is 0 Å². The molecule has 0 bridgehead atoms. The number of nitrogens with one attached hydrogen (secondary N) is 1. The van der Waals surface area contributed by atoms with Crippen LogP contribution in [0.25, 0.3) is 0 Å². The number of aryl methyl sites for hydroxylation is 1. The normalized spacial score (nSPS) is 18.8. The number of fused-ring (bicyclic) bond motifs is 2. The summed E-state index contributed by atoms with van der Waals surface area (Å²) in [5.74, 6) is 0.664. The van der Waals surface area contributed by atoms with E-state index >= 15 is 0 Å². The topological polar surface area (TPSA) is 43.0 Å². The summed E-state index contributed by atoms with van der Waals surface area (Å²) in [7, 11) is 0. The van der Waals surface area contributed by atoms with Gasteiger partial charge in [0.05, 0.1) is 17.5 Å². The molecule has 0 saturated heterocycles. The predicted molar refractivity (Wildman–Crippen MR) is 97.9 cm³/mol. The summed E-state index contributed by atoms with van der Waals surface area (Å²) in [5, 5.41) is 3.38. The average Bonchev–Trinajstić information content (AvgIpc) is 3.27. The van der Waals surface area contributed by atoms with Crippen LogP contribution in [0.15, 0.2) is 61.0 Å². The maximum absolute atomic E-state index is 6.35. The monoisotopic (exact) mass is 348 g/mol. The molecule has 0 fully saturated rings. The molecule has 2 aromatic carbocycles. The standard InChI is InChI=1S/C21H20N2O3/c1-14-9-17(21(2)24-7-8-25-21)20-18(10-14)22-11-19(26-20)23-12-15-5-3-4-6-16(15)13-23/h3-11,22H,12-13H2,1-2H3. The van der Waals surface area contributed by atoms with Gasteiger partial charge in [-0.25, -0.2) is 0 Å². The Morgan fingerprint density at radius 1 is 1.04 bits per heavy atom. The van der Waals surface area contributed by atoms with Crippen molar-refractivity contribution in [3.8, 4) is 5.75 Å². The molecule has 0 aromatic heterocycles. The molecule has 5 heteroatoms. The van der Waals surface area contributed by atoms with Crippen LogP contribution in [0.5, 0.6) is 5.75 Å². The van der Waals surface area contributed by atoms with Gasteiger partial charge >= 0.3 is 0 Å². The first-order valence-corrected chi connectivity index (χ1v) is 8.74. The lowest BCUT2D eigenvalue weighted by atomic mass is 10.0. The molecule has 0 amide bonds. The summed E-state index contributed by atoms with van der Waals surface area (Å²) in [6.45, 7) is 5.63. The Hall–Kier alpha value is -3.08. The second kappa shape index (κ2) is 5.46. The van der Waals surface area contributed by atoms with Gasteiger partial charge in [-0.15, -0.1) is 0 Å². The number of ether oxygens (including phenoxy) is 3. The zero-order chi connectivity index (χ0) is 17.7. The Labute approximate surface area is 152 Å². The minimum atomic E-state index is -0.881. The Kier molecular flexibility index (Phi) is 3.19. The smallest absolute Gasteiger partial charge is 0.277 e. The van der Waals surface area contributed by atoms with Gasteiger partial charge in [0, 0.05) is 20.0 Å². The average molecular weight is 348 g/mol. The Morgan fingerprint density at radius 2 is 1.73 bits per heavy atom. The van der Waals surface area contributed by atoms with Crippen LogP contribution >= 0.6 is 0 Å². The molecule has 1 N–H and O–H groups in total. The summed E-state index contributed by atoms with van der Waals surface area (Å²) in [4.78, 5) is 2.22. The van der Waals surface area contributed by atoms with Gasteiger partial charge in [0.15, 0.2) is 5.75 Å². The van der Waals surface area contributed by atoms with Crippen molar-refractivity contribution < 1.29 is 14.2 Å². The fraction of sp³-hybridized carbons (Fsp3) is 0.238. The van der Waals surface area contributed by atoms with Crippen LogP contribution in [0.1, 0.15) is 29.2 Å². The fourth-order valence-electron chi connectivity index (χ4n) is 3.72. The lowest BCUT2D eigenvalue weighted by Crippen LogP contribution is -2.28. The minimum Gasteiger partial charge on any atom is -0.453 e. The van der Waals surface area contributed by atoms with Crippen molar-refractivity contribution in [2.75, 3.05) is 5.32 Å². The SMILES string of the molecule is Cc1cc2c(c(C3(C)OC=CO3)c1)OC(N1Cc3ccccc3C1)=CN2. The van der Waals surface area contributed by atoms with E-state index in [4.69, 9.17) is 14.2 Å². The van der Waals surface area contributed by atoms with Gasteiger partial charge in [0.2, 0.25) is 5.88 Å². The van der Waals surface area contributed by atoms with E-state index in [2.05, 4.69) is 46.6 Å². The van der Waals surface area contributed by atoms with Crippen LogP contribution in [0, 0.1) is 6.92 Å². The van der Waals surface area contributed by atoms with Gasteiger partial charge in [-0.3, -0.25) is 0 Å². The third kappa shape index (κ3) is 2.31. The molecule has 0 atom stereocenters. The first kappa shape index (κ1) is 15.2. The molecule has 3 aliphatic heterocycles. The molecule has 0 radical (unpaired) electrons. The molecule has 5 rings (SSSR count). The van der Waals surface area contributed by atoms with E-state index < -0.39 is 5.79 Å². The Balaban J connectivity index is 1.48. The number of benzene rings is 2. The van der Waals surface area contributed by atoms with Crippen molar-refractivity contribution in [2.24, 2.45) is 0 Å². The van der Waals surface area contributed by atoms with Crippen molar-refractivity contribution in [3.05, 3.63) is 83.3 Å². The number of nitrogens with zero attached hydrogens (tertiary/aromatic N) is 1. The van der Waals surface area contributed by atoms with Gasteiger partial charge in [-0.1, -0.05) is 24.3 Å². The van der Waals surface area contributed by atoms with Gasteiger partial charge < -0.3 is 24.4 Å². The fourth-order valence-corrected chi connectivity index (χ4v) is 3.72. The van der Waals surface area contributed by atoms with Crippen LogP contribution in [0.4, 0.5) is 5.69 Å². The first-order valence-electron chi connectivity index (χ1n) is 8.74. The summed E-state index contributed by atoms with van der Waals surface area (Å²) >= 11 is 0. The number of hydrogen-bond donors (Lipinski definition) is 1. The Morgan fingerprint density at radius 3 is 2.42 bits per heavy atom. The molecular weight excluding hydrogens is 328 g/mol. The molecule has 0 saturated carbocycles. The number of hydrogen-bond acceptors (Lipinski definition) is 5. The highest BCUT2D eigenvalue weighted by molar-refractivity contribution is 5.66. The zero-order valence-electron chi connectivity index (χ0n) is 14.8. The van der Waals surface area contributed by atoms with E-state index in [0.717, 1.165) is 41.5 Å². The van der Waals surface area contributed by atoms with Gasteiger partial charge in [0.25, 0.3) is 5.79 Å². The second-order valence-electron chi connectivity index (χ2n) is 7.00. The summed E-state index contributed by atoms with van der Waals surface area (Å²) in [6.07, 6.45) is 5.06. The zero-order valence-corrected chi connectivity index (χ0v) is 14.8. The van der Waals surface area contributed by atoms with Crippen LogP contribution < -0.4 is 10.1 Å². The first-order chi connectivity index (χ1) is 12.6. The highest BCUT2D eigenvalue weighted by Gasteiger charge is 2.38. The molecule has 0 spiro atoms. The van der Waals surface area contributed by atoms with Gasteiger partial charge in [0.1, 0.15) is 12.5 Å². The molecule has 26 heavy (non-hydrogen) atoms. The van der Waals surface area contributed by atoms with Crippen molar-refractivity contribution in [3.63, 3.8) is 0 Å². The molecule has 5 nitrogen and oxygen atoms in total. The third-order valence-electron chi connectivity index (χ3n) is 5.07. The van der Waals surface area contributed by atoms with E-state index in [0.29, 0.717) is 0 Å². The van der Waals surface area contributed by atoms with Gasteiger partial charge in [-0.2, -0.15) is 0 Å². The maximum Gasteiger partial charge on any atom is 0.277 e. The second-order valence-corrected chi connectivity index (χ2v) is 7.00. The van der Waals surface area contributed by atoms with E-state index in [9.17, 15) is 0 Å². The van der Waals surface area contributed by atoms with Crippen LogP contribution in [-0.4, -0.2) is 4.90 Å². The van der Waals surface area contributed by atoms with Crippen LogP contribution in [-0.2, 0) is 28.4 Å². The Bertz CT molecular complexity index is 915. The van der Waals surface area contributed by atoms with E-state index in [1.54, 1.807) is 12.5 Å². The number of rotatable bonds is 2. The quantitative estimate of drug-likeness (QED) is 0.876. The molecule has 3 heterocycles. The molecular formula is C21H20N2O3. The van der Waals surface area contributed by atoms with E-state index in [1.165, 1.54) is 11.1 Å².